The molecule has 2 fully saturated rings. The van der Waals surface area contributed by atoms with Gasteiger partial charge in [-0.05, 0) is 51.0 Å². The predicted octanol–water partition coefficient (Wildman–Crippen LogP) is 4.05. The van der Waals surface area contributed by atoms with Crippen LogP contribution in [0.25, 0.3) is 0 Å². The van der Waals surface area contributed by atoms with Crippen LogP contribution in [0.4, 0.5) is 9.59 Å². The maximum absolute atomic E-state index is 12.3. The molecule has 6 nitrogen and oxygen atoms in total. The molecule has 27 heavy (non-hydrogen) atoms. The molecule has 3 rings (SSSR count). The van der Waals surface area contributed by atoms with Crippen LogP contribution < -0.4 is 0 Å². The zero-order valence-electron chi connectivity index (χ0n) is 16.6. The number of nitrogens with zero attached hydrogens (tertiary/aromatic N) is 2. The van der Waals surface area contributed by atoms with Crippen molar-refractivity contribution >= 4 is 12.2 Å². The minimum Gasteiger partial charge on any atom is -0.445 e. The van der Waals surface area contributed by atoms with Gasteiger partial charge in [0.1, 0.15) is 12.2 Å². The van der Waals surface area contributed by atoms with Crippen molar-refractivity contribution in [2.45, 2.75) is 52.2 Å². The Labute approximate surface area is 161 Å². The molecule has 0 bridgehead atoms. The zero-order chi connectivity index (χ0) is 19.5. The largest absolute Gasteiger partial charge is 0.445 e. The smallest absolute Gasteiger partial charge is 0.410 e. The second-order valence-electron chi connectivity index (χ2n) is 8.68. The first-order valence-corrected chi connectivity index (χ1v) is 9.70. The molecule has 2 aliphatic rings. The Bertz CT molecular complexity index is 661. The van der Waals surface area contributed by atoms with Gasteiger partial charge in [0.25, 0.3) is 0 Å². The fourth-order valence-corrected chi connectivity index (χ4v) is 3.80. The van der Waals surface area contributed by atoms with E-state index < -0.39 is 5.60 Å². The van der Waals surface area contributed by atoms with E-state index in [1.54, 1.807) is 4.90 Å². The fourth-order valence-electron chi connectivity index (χ4n) is 3.80. The van der Waals surface area contributed by atoms with Crippen LogP contribution in [0.5, 0.6) is 0 Å². The quantitative estimate of drug-likeness (QED) is 0.784. The Balaban J connectivity index is 1.46. The Morgan fingerprint density at radius 1 is 0.963 bits per heavy atom. The van der Waals surface area contributed by atoms with Crippen molar-refractivity contribution in [2.75, 3.05) is 26.2 Å². The summed E-state index contributed by atoms with van der Waals surface area (Å²) in [6, 6.07) is 9.71. The fraction of sp³-hybridized carbons (Fsp3) is 0.619. The molecule has 0 unspecified atom stereocenters. The first kappa shape index (κ1) is 19.5. The Hall–Kier alpha value is -2.24. The first-order valence-electron chi connectivity index (χ1n) is 9.70. The van der Waals surface area contributed by atoms with E-state index in [2.05, 4.69) is 0 Å². The summed E-state index contributed by atoms with van der Waals surface area (Å²) < 4.78 is 10.9. The van der Waals surface area contributed by atoms with Crippen molar-refractivity contribution in [2.24, 2.45) is 5.41 Å². The topological polar surface area (TPSA) is 59.1 Å². The summed E-state index contributed by atoms with van der Waals surface area (Å²) in [7, 11) is 0. The highest BCUT2D eigenvalue weighted by Gasteiger charge is 2.43. The zero-order valence-corrected chi connectivity index (χ0v) is 16.6. The van der Waals surface area contributed by atoms with Crippen LogP contribution in [0.2, 0.25) is 0 Å². The normalized spacial score (nSPS) is 19.2. The van der Waals surface area contributed by atoms with Crippen LogP contribution in [0.1, 0.15) is 45.6 Å². The van der Waals surface area contributed by atoms with Crippen molar-refractivity contribution in [3.05, 3.63) is 35.9 Å². The van der Waals surface area contributed by atoms with Crippen molar-refractivity contribution in [1.82, 2.24) is 9.80 Å². The average Bonchev–Trinajstić information content (AvgIpc) is 3.04. The van der Waals surface area contributed by atoms with E-state index >= 15 is 0 Å². The van der Waals surface area contributed by atoms with Gasteiger partial charge in [-0.3, -0.25) is 0 Å². The van der Waals surface area contributed by atoms with E-state index in [1.165, 1.54) is 0 Å². The van der Waals surface area contributed by atoms with Crippen molar-refractivity contribution in [3.8, 4) is 0 Å². The SMILES string of the molecule is CC(C)(C)OC(=O)N1CCC2(CCN(C(=O)OCc3ccccc3)CC2)C1. The number of carbonyl (C=O) groups is 2. The number of hydrogen-bond acceptors (Lipinski definition) is 4. The van der Waals surface area contributed by atoms with Gasteiger partial charge in [0.2, 0.25) is 0 Å². The molecule has 2 amide bonds. The van der Waals surface area contributed by atoms with E-state index in [0.717, 1.165) is 37.9 Å². The summed E-state index contributed by atoms with van der Waals surface area (Å²) in [5, 5.41) is 0. The summed E-state index contributed by atoms with van der Waals surface area (Å²) in [5.74, 6) is 0. The Morgan fingerprint density at radius 2 is 1.56 bits per heavy atom. The standard InChI is InChI=1S/C21H30N2O4/c1-20(2,3)27-19(25)23-14-11-21(16-23)9-12-22(13-10-21)18(24)26-15-17-7-5-4-6-8-17/h4-8H,9-16H2,1-3H3. The van der Waals surface area contributed by atoms with Crippen LogP contribution in [0, 0.1) is 5.41 Å². The van der Waals surface area contributed by atoms with Crippen LogP contribution in [0.3, 0.4) is 0 Å². The third-order valence-corrected chi connectivity index (χ3v) is 5.38. The van der Waals surface area contributed by atoms with Gasteiger partial charge in [0.05, 0.1) is 0 Å². The lowest BCUT2D eigenvalue weighted by Crippen LogP contribution is -2.45. The molecular weight excluding hydrogens is 344 g/mol. The number of benzene rings is 1. The number of rotatable bonds is 2. The van der Waals surface area contributed by atoms with Crippen LogP contribution in [-0.2, 0) is 16.1 Å². The molecule has 0 atom stereocenters. The van der Waals surface area contributed by atoms with E-state index in [1.807, 2.05) is 56.0 Å². The molecule has 0 saturated carbocycles. The molecule has 2 saturated heterocycles. The van der Waals surface area contributed by atoms with Gasteiger partial charge in [-0.1, -0.05) is 30.3 Å². The monoisotopic (exact) mass is 374 g/mol. The molecule has 6 heteroatoms. The number of carbonyl (C=O) groups excluding carboxylic acids is 2. The number of likely N-dealkylation sites (tertiary alicyclic amines) is 2. The molecule has 1 spiro atoms. The van der Waals surface area contributed by atoms with Crippen molar-refractivity contribution < 1.29 is 19.1 Å². The third kappa shape index (κ3) is 5.15. The highest BCUT2D eigenvalue weighted by atomic mass is 16.6. The number of hydrogen-bond donors (Lipinski definition) is 0. The maximum Gasteiger partial charge on any atom is 0.410 e. The summed E-state index contributed by atoms with van der Waals surface area (Å²) >= 11 is 0. The summed E-state index contributed by atoms with van der Waals surface area (Å²) in [6.45, 7) is 8.75. The molecular formula is C21H30N2O4. The lowest BCUT2D eigenvalue weighted by molar-refractivity contribution is 0.0237. The molecule has 2 aliphatic heterocycles. The second-order valence-corrected chi connectivity index (χ2v) is 8.68. The lowest BCUT2D eigenvalue weighted by Gasteiger charge is -2.38. The number of piperidine rings is 1. The van der Waals surface area contributed by atoms with Crippen LogP contribution in [-0.4, -0.2) is 53.8 Å². The summed E-state index contributed by atoms with van der Waals surface area (Å²) in [4.78, 5) is 28.2. The van der Waals surface area contributed by atoms with Crippen molar-refractivity contribution in [3.63, 3.8) is 0 Å². The van der Waals surface area contributed by atoms with Gasteiger partial charge in [0.15, 0.2) is 0 Å². The highest BCUT2D eigenvalue weighted by molar-refractivity contribution is 5.69. The van der Waals surface area contributed by atoms with Crippen molar-refractivity contribution in [1.29, 1.82) is 0 Å². The number of ether oxygens (including phenoxy) is 2. The molecule has 1 aromatic rings. The van der Waals surface area contributed by atoms with Gasteiger partial charge in [-0.2, -0.15) is 0 Å². The minimum atomic E-state index is -0.473. The average molecular weight is 374 g/mol. The van der Waals surface area contributed by atoms with E-state index in [-0.39, 0.29) is 17.6 Å². The van der Waals surface area contributed by atoms with Crippen LogP contribution >= 0.6 is 0 Å². The van der Waals surface area contributed by atoms with E-state index in [4.69, 9.17) is 9.47 Å². The van der Waals surface area contributed by atoms with Gasteiger partial charge >= 0.3 is 12.2 Å². The second kappa shape index (κ2) is 7.79. The lowest BCUT2D eigenvalue weighted by atomic mass is 9.78. The van der Waals surface area contributed by atoms with Crippen LogP contribution in [0.15, 0.2) is 30.3 Å². The molecule has 0 radical (unpaired) electrons. The molecule has 0 aromatic heterocycles. The van der Waals surface area contributed by atoms with Gasteiger partial charge in [-0.25, -0.2) is 9.59 Å². The van der Waals surface area contributed by atoms with E-state index in [0.29, 0.717) is 19.7 Å². The molecule has 2 heterocycles. The first-order chi connectivity index (χ1) is 12.8. The molecule has 148 valence electrons. The highest BCUT2D eigenvalue weighted by Crippen LogP contribution is 2.40. The summed E-state index contributed by atoms with van der Waals surface area (Å²) in [6.07, 6.45) is 2.28. The van der Waals surface area contributed by atoms with Gasteiger partial charge in [-0.15, -0.1) is 0 Å². The third-order valence-electron chi connectivity index (χ3n) is 5.38. The van der Waals surface area contributed by atoms with Gasteiger partial charge < -0.3 is 19.3 Å². The molecule has 0 aliphatic carbocycles. The minimum absolute atomic E-state index is 0.104. The predicted molar refractivity (Wildman–Crippen MR) is 102 cm³/mol. The number of amides is 2. The van der Waals surface area contributed by atoms with E-state index in [9.17, 15) is 9.59 Å². The molecule has 0 N–H and O–H groups in total. The molecule has 1 aromatic carbocycles. The van der Waals surface area contributed by atoms with Gasteiger partial charge in [0, 0.05) is 26.2 Å². The Kier molecular flexibility index (Phi) is 5.63. The summed E-state index contributed by atoms with van der Waals surface area (Å²) in [5.41, 5.74) is 0.620. The maximum atomic E-state index is 12.3. The Morgan fingerprint density at radius 3 is 2.15 bits per heavy atom.